The number of hydrogen-bond acceptors (Lipinski definition) is 2. The van der Waals surface area contributed by atoms with Crippen LogP contribution in [0.15, 0.2) is 54.6 Å². The van der Waals surface area contributed by atoms with Crippen LogP contribution in [0, 0.1) is 0 Å². The number of rotatable bonds is 3. The molecule has 0 spiro atoms. The maximum Gasteiger partial charge on any atom is 0.0407 e. The molecule has 1 saturated carbocycles. The van der Waals surface area contributed by atoms with Gasteiger partial charge in [-0.25, -0.2) is 0 Å². The van der Waals surface area contributed by atoms with E-state index in [9.17, 15) is 0 Å². The normalized spacial score (nSPS) is 25.2. The average Bonchev–Trinajstić information content (AvgIpc) is 3.37. The van der Waals surface area contributed by atoms with Gasteiger partial charge in [0.1, 0.15) is 0 Å². The van der Waals surface area contributed by atoms with E-state index in [4.69, 9.17) is 11.6 Å². The molecule has 4 rings (SSSR count). The first-order valence-corrected chi connectivity index (χ1v) is 8.48. The maximum atomic E-state index is 5.97. The Morgan fingerprint density at radius 1 is 0.818 bits per heavy atom. The Bertz CT molecular complexity index is 618. The molecule has 2 nitrogen and oxygen atoms in total. The zero-order valence-corrected chi connectivity index (χ0v) is 13.4. The van der Waals surface area contributed by atoms with Crippen LogP contribution in [0.2, 0.25) is 5.02 Å². The summed E-state index contributed by atoms with van der Waals surface area (Å²) in [4.78, 5) is 5.14. The van der Waals surface area contributed by atoms with Crippen molar-refractivity contribution in [3.63, 3.8) is 0 Å². The molecular formula is C19H21ClN2. The molecule has 2 fully saturated rings. The van der Waals surface area contributed by atoms with E-state index in [-0.39, 0.29) is 0 Å². The lowest BCUT2D eigenvalue weighted by atomic mass is 10.1. The third kappa shape index (κ3) is 2.86. The summed E-state index contributed by atoms with van der Waals surface area (Å²) >= 11 is 5.97. The van der Waals surface area contributed by atoms with Crippen molar-refractivity contribution in [2.24, 2.45) is 0 Å². The van der Waals surface area contributed by atoms with Crippen molar-refractivity contribution < 1.29 is 0 Å². The summed E-state index contributed by atoms with van der Waals surface area (Å²) in [5.74, 6) is 0.753. The molecule has 2 aliphatic rings. The van der Waals surface area contributed by atoms with Crippen molar-refractivity contribution in [2.75, 3.05) is 31.1 Å². The van der Waals surface area contributed by atoms with Crippen LogP contribution in [-0.2, 0) is 0 Å². The highest BCUT2D eigenvalue weighted by Gasteiger charge is 2.43. The molecular weight excluding hydrogens is 292 g/mol. The highest BCUT2D eigenvalue weighted by atomic mass is 35.5. The van der Waals surface area contributed by atoms with Crippen LogP contribution in [0.1, 0.15) is 17.9 Å². The molecule has 0 bridgehead atoms. The van der Waals surface area contributed by atoms with Gasteiger partial charge in [-0.3, -0.25) is 4.90 Å². The summed E-state index contributed by atoms with van der Waals surface area (Å²) in [7, 11) is 0. The fraction of sp³-hybridized carbons (Fsp3) is 0.368. The summed E-state index contributed by atoms with van der Waals surface area (Å²) in [6.45, 7) is 4.55. The number of hydrogen-bond donors (Lipinski definition) is 0. The minimum Gasteiger partial charge on any atom is -0.369 e. The molecule has 0 unspecified atom stereocenters. The molecule has 2 aromatic rings. The summed E-state index contributed by atoms with van der Waals surface area (Å²) in [5.41, 5.74) is 2.80. The van der Waals surface area contributed by atoms with Crippen LogP contribution in [0.5, 0.6) is 0 Å². The molecule has 1 aliphatic heterocycles. The molecule has 1 aliphatic carbocycles. The molecule has 1 saturated heterocycles. The number of benzene rings is 2. The largest absolute Gasteiger partial charge is 0.369 e. The second kappa shape index (κ2) is 5.94. The van der Waals surface area contributed by atoms with Crippen molar-refractivity contribution in [2.45, 2.75) is 18.4 Å². The van der Waals surface area contributed by atoms with Gasteiger partial charge in [0.05, 0.1) is 0 Å². The summed E-state index contributed by atoms with van der Waals surface area (Å²) in [6, 6.07) is 19.9. The Morgan fingerprint density at radius 3 is 2.18 bits per heavy atom. The minimum atomic E-state index is 0.753. The van der Waals surface area contributed by atoms with Crippen molar-refractivity contribution in [1.29, 1.82) is 0 Å². The molecule has 0 N–H and O–H groups in total. The molecule has 0 radical (unpaired) electrons. The van der Waals surface area contributed by atoms with Crippen LogP contribution in [0.3, 0.4) is 0 Å². The number of halogens is 1. The average molecular weight is 313 g/mol. The van der Waals surface area contributed by atoms with Gasteiger partial charge < -0.3 is 4.90 Å². The lowest BCUT2D eigenvalue weighted by molar-refractivity contribution is 0.244. The Labute approximate surface area is 137 Å². The standard InChI is InChI=1S/C19H21ClN2/c20-16-6-8-17(9-7-16)21-10-12-22(13-11-21)19-14-18(19)15-4-2-1-3-5-15/h1-9,18-19H,10-14H2/t18-,19+/m1/s1. The van der Waals surface area contributed by atoms with Crippen LogP contribution >= 0.6 is 11.6 Å². The first-order valence-electron chi connectivity index (χ1n) is 8.11. The number of piperazine rings is 1. The smallest absolute Gasteiger partial charge is 0.0407 e. The van der Waals surface area contributed by atoms with Crippen molar-refractivity contribution >= 4 is 17.3 Å². The summed E-state index contributed by atoms with van der Waals surface area (Å²) in [5, 5.41) is 0.811. The highest BCUT2D eigenvalue weighted by molar-refractivity contribution is 6.30. The Kier molecular flexibility index (Phi) is 3.81. The van der Waals surface area contributed by atoms with Crippen molar-refractivity contribution in [3.05, 3.63) is 65.2 Å². The van der Waals surface area contributed by atoms with E-state index in [0.717, 1.165) is 43.2 Å². The van der Waals surface area contributed by atoms with E-state index >= 15 is 0 Å². The summed E-state index contributed by atoms with van der Waals surface area (Å²) < 4.78 is 0. The zero-order valence-electron chi connectivity index (χ0n) is 12.7. The topological polar surface area (TPSA) is 6.48 Å². The van der Waals surface area contributed by atoms with Crippen LogP contribution in [0.25, 0.3) is 0 Å². The molecule has 22 heavy (non-hydrogen) atoms. The van der Waals surface area contributed by atoms with E-state index in [0.29, 0.717) is 0 Å². The van der Waals surface area contributed by atoms with Crippen LogP contribution in [0.4, 0.5) is 5.69 Å². The molecule has 0 aromatic heterocycles. The second-order valence-electron chi connectivity index (χ2n) is 6.32. The zero-order chi connectivity index (χ0) is 14.9. The highest BCUT2D eigenvalue weighted by Crippen LogP contribution is 2.44. The monoisotopic (exact) mass is 312 g/mol. The Hall–Kier alpha value is -1.51. The van der Waals surface area contributed by atoms with Gasteiger partial charge in [0.2, 0.25) is 0 Å². The van der Waals surface area contributed by atoms with Gasteiger partial charge in [-0.1, -0.05) is 41.9 Å². The predicted octanol–water partition coefficient (Wildman–Crippen LogP) is 4.02. The van der Waals surface area contributed by atoms with Gasteiger partial charge in [0, 0.05) is 48.8 Å². The van der Waals surface area contributed by atoms with Crippen molar-refractivity contribution in [1.82, 2.24) is 4.90 Å². The van der Waals surface area contributed by atoms with Gasteiger partial charge in [0.15, 0.2) is 0 Å². The lowest BCUT2D eigenvalue weighted by Crippen LogP contribution is -2.47. The molecule has 2 aromatic carbocycles. The molecule has 0 amide bonds. The van der Waals surface area contributed by atoms with Crippen LogP contribution in [-0.4, -0.2) is 37.1 Å². The second-order valence-corrected chi connectivity index (χ2v) is 6.76. The van der Waals surface area contributed by atoms with E-state index in [2.05, 4.69) is 52.3 Å². The van der Waals surface area contributed by atoms with Crippen molar-refractivity contribution in [3.8, 4) is 0 Å². The Balaban J connectivity index is 1.34. The third-order valence-corrected chi connectivity index (χ3v) is 5.21. The van der Waals surface area contributed by atoms with Gasteiger partial charge >= 0.3 is 0 Å². The maximum absolute atomic E-state index is 5.97. The lowest BCUT2D eigenvalue weighted by Gasteiger charge is -2.36. The fourth-order valence-corrected chi connectivity index (χ4v) is 3.73. The molecule has 1 heterocycles. The van der Waals surface area contributed by atoms with Gasteiger partial charge in [-0.15, -0.1) is 0 Å². The minimum absolute atomic E-state index is 0.753. The summed E-state index contributed by atoms with van der Waals surface area (Å²) in [6.07, 6.45) is 1.32. The Morgan fingerprint density at radius 2 is 1.50 bits per heavy atom. The SMILES string of the molecule is Clc1ccc(N2CCN([C@H]3C[C@@H]3c3ccccc3)CC2)cc1. The van der Waals surface area contributed by atoms with E-state index in [1.807, 2.05) is 12.1 Å². The van der Waals surface area contributed by atoms with Gasteiger partial charge in [0.25, 0.3) is 0 Å². The first-order chi connectivity index (χ1) is 10.8. The number of nitrogens with zero attached hydrogens (tertiary/aromatic N) is 2. The van der Waals surface area contributed by atoms with Gasteiger partial charge in [-0.05, 0) is 36.2 Å². The molecule has 2 atom stereocenters. The van der Waals surface area contributed by atoms with E-state index < -0.39 is 0 Å². The fourth-order valence-electron chi connectivity index (χ4n) is 3.61. The predicted molar refractivity (Wildman–Crippen MR) is 92.8 cm³/mol. The van der Waals surface area contributed by atoms with Gasteiger partial charge in [-0.2, -0.15) is 0 Å². The van der Waals surface area contributed by atoms with Crippen LogP contribution < -0.4 is 4.90 Å². The third-order valence-electron chi connectivity index (χ3n) is 4.96. The van der Waals surface area contributed by atoms with E-state index in [1.54, 1.807) is 0 Å². The quantitative estimate of drug-likeness (QED) is 0.844. The van der Waals surface area contributed by atoms with E-state index in [1.165, 1.54) is 17.7 Å². The molecule has 3 heteroatoms. The molecule has 114 valence electrons. The number of anilines is 1. The first kappa shape index (κ1) is 14.1.